The van der Waals surface area contributed by atoms with Crippen molar-refractivity contribution in [3.63, 3.8) is 0 Å². The zero-order valence-corrected chi connectivity index (χ0v) is 21.3. The number of aliphatic carboxylic acids is 1. The van der Waals surface area contributed by atoms with E-state index in [4.69, 9.17) is 16.7 Å². The predicted molar refractivity (Wildman–Crippen MR) is 142 cm³/mol. The molecule has 2 amide bonds. The van der Waals surface area contributed by atoms with Crippen LogP contribution in [0.2, 0.25) is 5.02 Å². The lowest BCUT2D eigenvalue weighted by molar-refractivity contribution is -0.136. The van der Waals surface area contributed by atoms with Crippen molar-refractivity contribution in [3.8, 4) is 5.69 Å². The molecule has 1 heterocycles. The van der Waals surface area contributed by atoms with E-state index in [1.54, 1.807) is 61.6 Å². The van der Waals surface area contributed by atoms with Crippen LogP contribution < -0.4 is 10.2 Å². The lowest BCUT2D eigenvalue weighted by Crippen LogP contribution is -2.41. The fourth-order valence-electron chi connectivity index (χ4n) is 3.80. The second-order valence-corrected chi connectivity index (χ2v) is 8.78. The summed E-state index contributed by atoms with van der Waals surface area (Å²) in [6.07, 6.45) is 3.45. The largest absolute Gasteiger partial charge is 0.481 e. The van der Waals surface area contributed by atoms with Crippen LogP contribution in [-0.2, 0) is 20.8 Å². The fraction of sp³-hybridized carbons (Fsp3) is 0.111. The van der Waals surface area contributed by atoms with Gasteiger partial charge in [-0.3, -0.25) is 14.4 Å². The molecule has 4 rings (SSSR count). The van der Waals surface area contributed by atoms with Gasteiger partial charge in [-0.25, -0.2) is 4.39 Å². The Morgan fingerprint density at radius 1 is 1.10 bits per heavy atom. The molecule has 10 nitrogen and oxygen atoms in total. The number of carbonyl (C=O) groups is 3. The summed E-state index contributed by atoms with van der Waals surface area (Å²) < 4.78 is 16.1. The second kappa shape index (κ2) is 12.1. The molecule has 0 radical (unpaired) electrons. The van der Waals surface area contributed by atoms with E-state index in [-0.39, 0.29) is 22.7 Å². The van der Waals surface area contributed by atoms with Gasteiger partial charge >= 0.3 is 5.97 Å². The lowest BCUT2D eigenvalue weighted by Gasteiger charge is -2.25. The zero-order chi connectivity index (χ0) is 27.9. The molecule has 0 saturated carbocycles. The van der Waals surface area contributed by atoms with Gasteiger partial charge in [0.2, 0.25) is 5.91 Å². The number of hydrogen-bond acceptors (Lipinski definition) is 6. The Hall–Kier alpha value is -4.90. The first-order chi connectivity index (χ1) is 18.7. The second-order valence-electron chi connectivity index (χ2n) is 8.37. The van der Waals surface area contributed by atoms with Crippen molar-refractivity contribution in [1.82, 2.24) is 25.5 Å². The third kappa shape index (κ3) is 6.51. The van der Waals surface area contributed by atoms with Crippen LogP contribution in [0.4, 0.5) is 10.1 Å². The Morgan fingerprint density at radius 3 is 2.46 bits per heavy atom. The highest BCUT2D eigenvalue weighted by molar-refractivity contribution is 6.31. The Kier molecular flexibility index (Phi) is 8.42. The maximum absolute atomic E-state index is 14.9. The fourth-order valence-corrected chi connectivity index (χ4v) is 3.97. The Balaban J connectivity index is 1.58. The molecule has 12 heteroatoms. The summed E-state index contributed by atoms with van der Waals surface area (Å²) >= 11 is 5.95. The molecule has 1 atom stereocenters. The first-order valence-corrected chi connectivity index (χ1v) is 12.0. The number of aromatic nitrogens is 4. The highest BCUT2D eigenvalue weighted by Crippen LogP contribution is 2.26. The number of amides is 2. The van der Waals surface area contributed by atoms with E-state index in [1.807, 2.05) is 0 Å². The quantitative estimate of drug-likeness (QED) is 0.305. The molecule has 0 bridgehead atoms. The summed E-state index contributed by atoms with van der Waals surface area (Å²) in [5.41, 5.74) is 1.85. The van der Waals surface area contributed by atoms with Crippen molar-refractivity contribution < 1.29 is 23.9 Å². The normalized spacial score (nSPS) is 11.8. The van der Waals surface area contributed by atoms with Gasteiger partial charge < -0.3 is 15.3 Å². The minimum atomic E-state index is -1.07. The van der Waals surface area contributed by atoms with Crippen LogP contribution in [-0.4, -0.2) is 50.1 Å². The van der Waals surface area contributed by atoms with E-state index in [9.17, 15) is 18.8 Å². The van der Waals surface area contributed by atoms with Crippen LogP contribution in [0.1, 0.15) is 22.7 Å². The molecule has 0 aliphatic heterocycles. The van der Waals surface area contributed by atoms with Gasteiger partial charge in [0, 0.05) is 24.4 Å². The summed E-state index contributed by atoms with van der Waals surface area (Å²) in [5.74, 6) is -2.84. The molecule has 0 saturated heterocycles. The van der Waals surface area contributed by atoms with E-state index in [0.717, 1.165) is 6.08 Å². The number of hydrogen-bond donors (Lipinski definition) is 2. The highest BCUT2D eigenvalue weighted by Gasteiger charge is 2.26. The third-order valence-electron chi connectivity index (χ3n) is 5.78. The average Bonchev–Trinajstić information content (AvgIpc) is 3.47. The Morgan fingerprint density at radius 2 is 1.82 bits per heavy atom. The summed E-state index contributed by atoms with van der Waals surface area (Å²) in [6, 6.07) is 16.9. The smallest absolute Gasteiger partial charge is 0.307 e. The van der Waals surface area contributed by atoms with Crippen LogP contribution in [0.3, 0.4) is 0 Å². The van der Waals surface area contributed by atoms with Gasteiger partial charge in [-0.15, -0.1) is 5.10 Å². The molecule has 198 valence electrons. The van der Waals surface area contributed by atoms with Crippen LogP contribution >= 0.6 is 11.6 Å². The molecule has 4 aromatic rings. The summed E-state index contributed by atoms with van der Waals surface area (Å²) in [6.45, 7) is 0. The van der Waals surface area contributed by atoms with Gasteiger partial charge in [0.1, 0.15) is 12.4 Å². The topological polar surface area (TPSA) is 130 Å². The maximum Gasteiger partial charge on any atom is 0.307 e. The molecule has 0 aliphatic carbocycles. The van der Waals surface area contributed by atoms with Crippen molar-refractivity contribution in [2.45, 2.75) is 12.5 Å². The SMILES string of the molecule is CN(C(=O)[C@@H](NC(=O)/C=C/c1c(-n2cnnn2)ccc(Cl)c1F)c1ccccc1)c1ccc(CC(=O)O)cc1. The van der Waals surface area contributed by atoms with Crippen LogP contribution in [0.5, 0.6) is 0 Å². The van der Waals surface area contributed by atoms with Crippen LogP contribution in [0.15, 0.2) is 79.1 Å². The number of halogens is 2. The van der Waals surface area contributed by atoms with Crippen LogP contribution in [0, 0.1) is 5.82 Å². The number of carboxylic acid groups (broad SMARTS) is 1. The minimum absolute atomic E-state index is 0.0221. The number of nitrogens with zero attached hydrogens (tertiary/aromatic N) is 5. The molecule has 0 spiro atoms. The summed E-state index contributed by atoms with van der Waals surface area (Å²) in [7, 11) is 1.55. The molecular formula is C27H22ClFN6O4. The van der Waals surface area contributed by atoms with Crippen molar-refractivity contribution >= 4 is 41.1 Å². The predicted octanol–water partition coefficient (Wildman–Crippen LogP) is 3.62. The molecule has 39 heavy (non-hydrogen) atoms. The number of tetrazole rings is 1. The summed E-state index contributed by atoms with van der Waals surface area (Å²) in [5, 5.41) is 22.4. The molecule has 2 N–H and O–H groups in total. The average molecular weight is 549 g/mol. The number of anilines is 1. The van der Waals surface area contributed by atoms with E-state index in [0.29, 0.717) is 16.8 Å². The molecule has 0 aliphatic rings. The monoisotopic (exact) mass is 548 g/mol. The maximum atomic E-state index is 14.9. The summed E-state index contributed by atoms with van der Waals surface area (Å²) in [4.78, 5) is 38.8. The van der Waals surface area contributed by atoms with Crippen molar-refractivity contribution in [3.05, 3.63) is 107 Å². The molecule has 0 unspecified atom stereocenters. The number of benzene rings is 3. The van der Waals surface area contributed by atoms with E-state index in [2.05, 4.69) is 20.8 Å². The lowest BCUT2D eigenvalue weighted by atomic mass is 10.0. The van der Waals surface area contributed by atoms with Gasteiger partial charge in [-0.2, -0.15) is 4.68 Å². The molecule has 0 fully saturated rings. The van der Waals surface area contributed by atoms with Gasteiger partial charge in [0.25, 0.3) is 5.91 Å². The highest BCUT2D eigenvalue weighted by atomic mass is 35.5. The first-order valence-electron chi connectivity index (χ1n) is 11.6. The van der Waals surface area contributed by atoms with E-state index < -0.39 is 29.6 Å². The standard InChI is InChI=1S/C27H22ClFN6O4/c1-34(19-9-7-17(8-10-19)15-24(37)38)27(39)26(18-5-3-2-4-6-18)31-23(36)14-11-20-22(35-16-30-32-33-35)13-12-21(28)25(20)29/h2-14,16,26H,15H2,1H3,(H,31,36)(H,37,38)/b14-11+/t26-/m0/s1. The van der Waals surface area contributed by atoms with E-state index >= 15 is 0 Å². The number of nitrogens with one attached hydrogen (secondary N) is 1. The van der Waals surface area contributed by atoms with Gasteiger partial charge in [-0.05, 0) is 51.9 Å². The van der Waals surface area contributed by atoms with Gasteiger partial charge in [0.05, 0.1) is 17.1 Å². The number of rotatable bonds is 9. The number of carboxylic acids is 1. The molecular weight excluding hydrogens is 527 g/mol. The third-order valence-corrected chi connectivity index (χ3v) is 6.07. The first kappa shape index (κ1) is 27.1. The molecule has 1 aromatic heterocycles. The Bertz CT molecular complexity index is 1510. The number of likely N-dealkylation sites (N-methyl/N-ethyl adjacent to an activating group) is 1. The van der Waals surface area contributed by atoms with Crippen molar-refractivity contribution in [2.75, 3.05) is 11.9 Å². The molecule has 3 aromatic carbocycles. The minimum Gasteiger partial charge on any atom is -0.481 e. The van der Waals surface area contributed by atoms with Crippen LogP contribution in [0.25, 0.3) is 11.8 Å². The zero-order valence-electron chi connectivity index (χ0n) is 20.5. The van der Waals surface area contributed by atoms with Gasteiger partial charge in [-0.1, -0.05) is 54.1 Å². The van der Waals surface area contributed by atoms with Crippen molar-refractivity contribution in [2.24, 2.45) is 0 Å². The van der Waals surface area contributed by atoms with Gasteiger partial charge in [0.15, 0.2) is 5.82 Å². The van der Waals surface area contributed by atoms with Crippen molar-refractivity contribution in [1.29, 1.82) is 0 Å². The Labute approximate surface area is 227 Å². The number of carbonyl (C=O) groups excluding carboxylic acids is 2. The van der Waals surface area contributed by atoms with E-state index in [1.165, 1.54) is 34.1 Å².